The van der Waals surface area contributed by atoms with Gasteiger partial charge in [-0.2, -0.15) is 0 Å². The summed E-state index contributed by atoms with van der Waals surface area (Å²) in [5.74, 6) is 0. The lowest BCUT2D eigenvalue weighted by molar-refractivity contribution is -0.0190. The molecule has 0 unspecified atom stereocenters. The van der Waals surface area contributed by atoms with Gasteiger partial charge in [0.15, 0.2) is 0 Å². The van der Waals surface area contributed by atoms with Crippen LogP contribution in [-0.4, -0.2) is 44.3 Å². The van der Waals surface area contributed by atoms with E-state index < -0.39 is 0 Å². The van der Waals surface area contributed by atoms with Crippen molar-refractivity contribution in [2.45, 2.75) is 19.1 Å². The fraction of sp³-hybridized carbons (Fsp3) is 0.571. The predicted octanol–water partition coefficient (Wildman–Crippen LogP) is 2.32. The van der Waals surface area contributed by atoms with Crippen molar-refractivity contribution < 1.29 is 4.74 Å². The number of rotatable bonds is 4. The summed E-state index contributed by atoms with van der Waals surface area (Å²) in [6.45, 7) is 5.88. The van der Waals surface area contributed by atoms with Crippen molar-refractivity contribution in [2.24, 2.45) is 0 Å². The summed E-state index contributed by atoms with van der Waals surface area (Å²) >= 11 is 6.00. The van der Waals surface area contributed by atoms with E-state index in [0.717, 1.165) is 31.3 Å². The van der Waals surface area contributed by atoms with Gasteiger partial charge >= 0.3 is 0 Å². The average molecular weight is 269 g/mol. The molecule has 1 aromatic rings. The van der Waals surface area contributed by atoms with Gasteiger partial charge in [0.25, 0.3) is 0 Å². The van der Waals surface area contributed by atoms with Gasteiger partial charge in [-0.05, 0) is 31.7 Å². The molecule has 1 saturated heterocycles. The second-order valence-electron chi connectivity index (χ2n) is 4.94. The maximum atomic E-state index is 6.00. The summed E-state index contributed by atoms with van der Waals surface area (Å²) in [5, 5.41) is 4.29. The Morgan fingerprint density at radius 2 is 2.39 bits per heavy atom. The summed E-state index contributed by atoms with van der Waals surface area (Å²) in [4.78, 5) is 2.31. The molecule has 0 aliphatic carbocycles. The molecule has 1 N–H and O–H groups in total. The molecule has 0 radical (unpaired) electrons. The minimum absolute atomic E-state index is 0.283. The van der Waals surface area contributed by atoms with Crippen LogP contribution in [0.25, 0.3) is 0 Å². The first-order chi connectivity index (χ1) is 8.65. The van der Waals surface area contributed by atoms with E-state index in [1.54, 1.807) is 0 Å². The minimum Gasteiger partial charge on any atom is -0.374 e. The lowest BCUT2D eigenvalue weighted by Crippen LogP contribution is -2.45. The molecule has 0 bridgehead atoms. The number of halogens is 1. The van der Waals surface area contributed by atoms with Crippen molar-refractivity contribution in [3.05, 3.63) is 34.9 Å². The Bertz CT molecular complexity index is 386. The Kier molecular flexibility index (Phi) is 5.01. The molecule has 1 heterocycles. The van der Waals surface area contributed by atoms with Crippen molar-refractivity contribution in [3.8, 4) is 0 Å². The third-order valence-corrected chi connectivity index (χ3v) is 3.58. The van der Waals surface area contributed by atoms with Gasteiger partial charge in [-0.1, -0.05) is 23.7 Å². The molecule has 1 aromatic carbocycles. The number of ether oxygens (including phenoxy) is 1. The zero-order valence-electron chi connectivity index (χ0n) is 11.0. The van der Waals surface area contributed by atoms with Gasteiger partial charge in [0, 0.05) is 30.7 Å². The number of likely N-dealkylation sites (N-methyl/N-ethyl adjacent to an activating group) is 1. The van der Waals surface area contributed by atoms with Gasteiger partial charge in [0.2, 0.25) is 0 Å². The van der Waals surface area contributed by atoms with Crippen LogP contribution in [0.4, 0.5) is 0 Å². The Labute approximate surface area is 114 Å². The van der Waals surface area contributed by atoms with Crippen LogP contribution < -0.4 is 5.32 Å². The van der Waals surface area contributed by atoms with Gasteiger partial charge in [0.1, 0.15) is 0 Å². The lowest BCUT2D eigenvalue weighted by atomic mass is 10.1. The second kappa shape index (κ2) is 6.53. The van der Waals surface area contributed by atoms with E-state index in [0.29, 0.717) is 6.04 Å². The number of nitrogens with one attached hydrogen (secondary N) is 1. The highest BCUT2D eigenvalue weighted by molar-refractivity contribution is 6.30. The van der Waals surface area contributed by atoms with E-state index in [1.165, 1.54) is 5.56 Å². The van der Waals surface area contributed by atoms with Gasteiger partial charge in [-0.25, -0.2) is 0 Å². The molecule has 3 nitrogen and oxygen atoms in total. The fourth-order valence-electron chi connectivity index (χ4n) is 2.19. The summed E-state index contributed by atoms with van der Waals surface area (Å²) < 4.78 is 5.73. The number of hydrogen-bond acceptors (Lipinski definition) is 3. The van der Waals surface area contributed by atoms with E-state index >= 15 is 0 Å². The largest absolute Gasteiger partial charge is 0.374 e. The monoisotopic (exact) mass is 268 g/mol. The van der Waals surface area contributed by atoms with Crippen LogP contribution in [-0.2, 0) is 4.74 Å². The molecular weight excluding hydrogens is 248 g/mol. The lowest BCUT2D eigenvalue weighted by Gasteiger charge is -2.31. The van der Waals surface area contributed by atoms with Crippen LogP contribution in [0.3, 0.4) is 0 Å². The summed E-state index contributed by atoms with van der Waals surface area (Å²) in [6.07, 6.45) is 0.283. The second-order valence-corrected chi connectivity index (χ2v) is 5.38. The standard InChI is InChI=1S/C14H21ClN2O/c1-11(12-4-3-5-13(15)8-12)16-9-14-10-17(2)6-7-18-14/h3-5,8,11,14,16H,6-7,9-10H2,1-2H3/t11-,14-/m0/s1. The topological polar surface area (TPSA) is 24.5 Å². The highest BCUT2D eigenvalue weighted by atomic mass is 35.5. The van der Waals surface area contributed by atoms with E-state index in [9.17, 15) is 0 Å². The maximum Gasteiger partial charge on any atom is 0.0826 e. The fourth-order valence-corrected chi connectivity index (χ4v) is 2.39. The number of benzene rings is 1. The number of morpholine rings is 1. The molecule has 0 amide bonds. The molecule has 2 rings (SSSR count). The van der Waals surface area contributed by atoms with Crippen molar-refractivity contribution in [1.82, 2.24) is 10.2 Å². The van der Waals surface area contributed by atoms with E-state index in [4.69, 9.17) is 16.3 Å². The molecular formula is C14H21ClN2O. The molecule has 4 heteroatoms. The molecule has 1 fully saturated rings. The highest BCUT2D eigenvalue weighted by Crippen LogP contribution is 2.17. The van der Waals surface area contributed by atoms with Gasteiger partial charge in [-0.15, -0.1) is 0 Å². The minimum atomic E-state index is 0.283. The third-order valence-electron chi connectivity index (χ3n) is 3.34. The summed E-state index contributed by atoms with van der Waals surface area (Å²) in [7, 11) is 2.13. The first kappa shape index (κ1) is 13.8. The first-order valence-corrected chi connectivity index (χ1v) is 6.82. The van der Waals surface area contributed by atoms with Crippen LogP contribution >= 0.6 is 11.6 Å². The summed E-state index contributed by atoms with van der Waals surface area (Å²) in [5.41, 5.74) is 1.21. The number of nitrogens with zero attached hydrogens (tertiary/aromatic N) is 1. The SMILES string of the molecule is C[C@H](NC[C@H]1CN(C)CCO1)c1cccc(Cl)c1. The van der Waals surface area contributed by atoms with Crippen molar-refractivity contribution in [2.75, 3.05) is 33.3 Å². The zero-order chi connectivity index (χ0) is 13.0. The van der Waals surface area contributed by atoms with Gasteiger partial charge < -0.3 is 15.0 Å². The van der Waals surface area contributed by atoms with E-state index in [-0.39, 0.29) is 6.10 Å². The Morgan fingerprint density at radius 3 is 3.11 bits per heavy atom. The van der Waals surface area contributed by atoms with E-state index in [1.807, 2.05) is 18.2 Å². The molecule has 1 aliphatic rings. The summed E-state index contributed by atoms with van der Waals surface area (Å²) in [6, 6.07) is 8.28. The van der Waals surface area contributed by atoms with Gasteiger partial charge in [-0.3, -0.25) is 0 Å². The van der Waals surface area contributed by atoms with Crippen molar-refractivity contribution in [1.29, 1.82) is 0 Å². The molecule has 2 atom stereocenters. The Balaban J connectivity index is 1.82. The van der Waals surface area contributed by atoms with E-state index in [2.05, 4.69) is 30.3 Å². The van der Waals surface area contributed by atoms with Crippen LogP contribution in [0.1, 0.15) is 18.5 Å². The van der Waals surface area contributed by atoms with Crippen LogP contribution in [0.15, 0.2) is 24.3 Å². The maximum absolute atomic E-state index is 6.00. The van der Waals surface area contributed by atoms with Crippen LogP contribution in [0.2, 0.25) is 5.02 Å². The highest BCUT2D eigenvalue weighted by Gasteiger charge is 2.18. The first-order valence-electron chi connectivity index (χ1n) is 6.44. The quantitative estimate of drug-likeness (QED) is 0.907. The van der Waals surface area contributed by atoms with Crippen molar-refractivity contribution >= 4 is 11.6 Å². The van der Waals surface area contributed by atoms with Crippen molar-refractivity contribution in [3.63, 3.8) is 0 Å². The smallest absolute Gasteiger partial charge is 0.0826 e. The average Bonchev–Trinajstić information content (AvgIpc) is 2.36. The normalized spacial score (nSPS) is 22.9. The molecule has 0 saturated carbocycles. The van der Waals surface area contributed by atoms with Crippen LogP contribution in [0.5, 0.6) is 0 Å². The molecule has 18 heavy (non-hydrogen) atoms. The van der Waals surface area contributed by atoms with Crippen LogP contribution in [0, 0.1) is 0 Å². The molecule has 100 valence electrons. The van der Waals surface area contributed by atoms with Gasteiger partial charge in [0.05, 0.1) is 12.7 Å². The Morgan fingerprint density at radius 1 is 1.56 bits per heavy atom. The molecule has 0 spiro atoms. The third kappa shape index (κ3) is 3.95. The molecule has 1 aliphatic heterocycles. The number of hydrogen-bond donors (Lipinski definition) is 1. The molecule has 0 aromatic heterocycles. The Hall–Kier alpha value is -0.610. The zero-order valence-corrected chi connectivity index (χ0v) is 11.8. The predicted molar refractivity (Wildman–Crippen MR) is 75.1 cm³/mol.